The van der Waals surface area contributed by atoms with Crippen molar-refractivity contribution in [2.24, 2.45) is 0 Å². The van der Waals surface area contributed by atoms with Gasteiger partial charge in [0.05, 0.1) is 11.9 Å². The average molecular weight is 263 g/mol. The minimum absolute atomic E-state index is 0.0846. The molecule has 0 saturated carbocycles. The van der Waals surface area contributed by atoms with Crippen molar-refractivity contribution in [3.8, 4) is 11.3 Å². The van der Waals surface area contributed by atoms with Gasteiger partial charge in [-0.3, -0.25) is 0 Å². The lowest BCUT2D eigenvalue weighted by atomic mass is 10.1. The maximum atomic E-state index is 13.7. The van der Waals surface area contributed by atoms with Crippen LogP contribution in [0.4, 0.5) is 10.3 Å². The van der Waals surface area contributed by atoms with Crippen LogP contribution in [-0.4, -0.2) is 14.6 Å². The predicted octanol–water partition coefficient (Wildman–Crippen LogP) is 2.77. The van der Waals surface area contributed by atoms with Crippen molar-refractivity contribution < 1.29 is 4.39 Å². The fourth-order valence-electron chi connectivity index (χ4n) is 1.82. The molecular formula is C12H8ClFN4. The summed E-state index contributed by atoms with van der Waals surface area (Å²) in [6.07, 6.45) is 1.35. The Morgan fingerprint density at radius 3 is 2.89 bits per heavy atom. The largest absolute Gasteiger partial charge is 0.367 e. The van der Waals surface area contributed by atoms with Crippen molar-refractivity contribution in [3.05, 3.63) is 47.4 Å². The lowest BCUT2D eigenvalue weighted by Crippen LogP contribution is -2.01. The molecule has 2 N–H and O–H groups in total. The van der Waals surface area contributed by atoms with E-state index in [0.29, 0.717) is 10.7 Å². The van der Waals surface area contributed by atoms with Crippen LogP contribution in [0.25, 0.3) is 16.8 Å². The van der Waals surface area contributed by atoms with Crippen molar-refractivity contribution >= 4 is 23.1 Å². The van der Waals surface area contributed by atoms with Gasteiger partial charge in [0.15, 0.2) is 5.82 Å². The number of hydrogen-bond donors (Lipinski definition) is 1. The molecule has 1 aromatic carbocycles. The molecule has 0 aliphatic heterocycles. The number of anilines is 1. The smallest absolute Gasteiger partial charge is 0.238 e. The number of halogens is 2. The summed E-state index contributed by atoms with van der Waals surface area (Å²) in [6, 6.07) is 8.49. The molecule has 90 valence electrons. The number of nitrogens with zero attached hydrogens (tertiary/aromatic N) is 3. The Morgan fingerprint density at radius 1 is 1.28 bits per heavy atom. The maximum absolute atomic E-state index is 13.7. The molecular weight excluding hydrogens is 255 g/mol. The Kier molecular flexibility index (Phi) is 2.41. The maximum Gasteiger partial charge on any atom is 0.238 e. The zero-order valence-electron chi connectivity index (χ0n) is 9.14. The van der Waals surface area contributed by atoms with Gasteiger partial charge in [-0.05, 0) is 12.1 Å². The second-order valence-corrected chi connectivity index (χ2v) is 4.24. The summed E-state index contributed by atoms with van der Waals surface area (Å²) in [7, 11) is 0. The van der Waals surface area contributed by atoms with Gasteiger partial charge in [-0.15, -0.1) is 5.10 Å². The van der Waals surface area contributed by atoms with Crippen molar-refractivity contribution in [2.75, 3.05) is 5.73 Å². The van der Waals surface area contributed by atoms with Crippen LogP contribution in [0.3, 0.4) is 0 Å². The van der Waals surface area contributed by atoms with E-state index >= 15 is 0 Å². The van der Waals surface area contributed by atoms with Crippen molar-refractivity contribution in [1.82, 2.24) is 14.6 Å². The molecule has 18 heavy (non-hydrogen) atoms. The first-order chi connectivity index (χ1) is 8.65. The van der Waals surface area contributed by atoms with Gasteiger partial charge in [0, 0.05) is 16.7 Å². The third-order valence-electron chi connectivity index (χ3n) is 2.61. The summed E-state index contributed by atoms with van der Waals surface area (Å²) < 4.78 is 15.2. The predicted molar refractivity (Wildman–Crippen MR) is 67.8 cm³/mol. The lowest BCUT2D eigenvalue weighted by molar-refractivity contribution is 0.638. The Bertz CT molecular complexity index is 738. The summed E-state index contributed by atoms with van der Waals surface area (Å²) in [5, 5.41) is 4.58. The van der Waals surface area contributed by atoms with Crippen LogP contribution in [0.2, 0.25) is 5.02 Å². The van der Waals surface area contributed by atoms with Crippen LogP contribution in [0, 0.1) is 5.82 Å². The van der Waals surface area contributed by atoms with Crippen LogP contribution in [0.5, 0.6) is 0 Å². The monoisotopic (exact) mass is 262 g/mol. The van der Waals surface area contributed by atoms with E-state index in [1.165, 1.54) is 16.8 Å². The standard InChI is InChI=1S/C12H8ClFN4/c13-8-3-1-2-7(4-8)10-5-9(14)11-6-16-12(15)17-18(10)11/h1-6H,(H2,15,17). The normalized spacial score (nSPS) is 11.0. The van der Waals surface area contributed by atoms with E-state index in [1.807, 2.05) is 6.07 Å². The molecule has 0 aliphatic rings. The lowest BCUT2D eigenvalue weighted by Gasteiger charge is -2.02. The Hall–Kier alpha value is -2.14. The number of aromatic nitrogens is 3. The van der Waals surface area contributed by atoms with Crippen molar-refractivity contribution in [1.29, 1.82) is 0 Å². The van der Waals surface area contributed by atoms with Gasteiger partial charge in [0.2, 0.25) is 5.95 Å². The Labute approximate surface area is 107 Å². The number of nitrogens with two attached hydrogens (primary N) is 1. The molecule has 3 rings (SSSR count). The van der Waals surface area contributed by atoms with Gasteiger partial charge < -0.3 is 5.73 Å². The summed E-state index contributed by atoms with van der Waals surface area (Å²) in [5.41, 5.74) is 7.14. The van der Waals surface area contributed by atoms with Crippen LogP contribution in [0.1, 0.15) is 0 Å². The summed E-state index contributed by atoms with van der Waals surface area (Å²) in [6.45, 7) is 0. The van der Waals surface area contributed by atoms with E-state index in [0.717, 1.165) is 5.56 Å². The van der Waals surface area contributed by atoms with Crippen LogP contribution >= 0.6 is 11.6 Å². The summed E-state index contributed by atoms with van der Waals surface area (Å²) in [5.74, 6) is -0.314. The molecule has 3 aromatic rings. The third-order valence-corrected chi connectivity index (χ3v) is 2.84. The topological polar surface area (TPSA) is 56.2 Å². The highest BCUT2D eigenvalue weighted by Crippen LogP contribution is 2.26. The summed E-state index contributed by atoms with van der Waals surface area (Å²) >= 11 is 5.92. The van der Waals surface area contributed by atoms with E-state index in [4.69, 9.17) is 17.3 Å². The number of nitrogen functional groups attached to an aromatic ring is 1. The highest BCUT2D eigenvalue weighted by molar-refractivity contribution is 6.30. The van der Waals surface area contributed by atoms with Gasteiger partial charge in [-0.2, -0.15) is 0 Å². The molecule has 0 amide bonds. The molecule has 0 spiro atoms. The fraction of sp³-hybridized carbons (Fsp3) is 0. The molecule has 0 radical (unpaired) electrons. The molecule has 0 bridgehead atoms. The highest BCUT2D eigenvalue weighted by atomic mass is 35.5. The van der Waals surface area contributed by atoms with E-state index < -0.39 is 5.82 Å². The van der Waals surface area contributed by atoms with E-state index in [-0.39, 0.29) is 11.5 Å². The van der Waals surface area contributed by atoms with Crippen LogP contribution < -0.4 is 5.73 Å². The van der Waals surface area contributed by atoms with Crippen molar-refractivity contribution in [3.63, 3.8) is 0 Å². The number of hydrogen-bond acceptors (Lipinski definition) is 3. The van der Waals surface area contributed by atoms with Gasteiger partial charge in [-0.1, -0.05) is 23.7 Å². The van der Waals surface area contributed by atoms with Gasteiger partial charge in [-0.25, -0.2) is 13.9 Å². The first-order valence-corrected chi connectivity index (χ1v) is 5.58. The second kappa shape index (κ2) is 3.96. The molecule has 0 fully saturated rings. The van der Waals surface area contributed by atoms with Gasteiger partial charge >= 0.3 is 0 Å². The SMILES string of the molecule is Nc1ncc2c(F)cc(-c3cccc(Cl)c3)n2n1. The number of benzene rings is 1. The average Bonchev–Trinajstić information content (AvgIpc) is 2.66. The van der Waals surface area contributed by atoms with E-state index in [9.17, 15) is 4.39 Å². The third kappa shape index (κ3) is 1.69. The Balaban J connectivity index is 2.32. The fourth-order valence-corrected chi connectivity index (χ4v) is 2.01. The first kappa shape index (κ1) is 11.0. The summed E-state index contributed by atoms with van der Waals surface area (Å²) in [4.78, 5) is 3.77. The van der Waals surface area contributed by atoms with Crippen LogP contribution in [0.15, 0.2) is 36.5 Å². The Morgan fingerprint density at radius 2 is 2.11 bits per heavy atom. The molecule has 0 aliphatic carbocycles. The van der Waals surface area contributed by atoms with E-state index in [1.54, 1.807) is 18.2 Å². The number of rotatable bonds is 1. The minimum Gasteiger partial charge on any atom is -0.367 e. The molecule has 0 unspecified atom stereocenters. The van der Waals surface area contributed by atoms with E-state index in [2.05, 4.69) is 10.1 Å². The quantitative estimate of drug-likeness (QED) is 0.734. The van der Waals surface area contributed by atoms with Gasteiger partial charge in [0.1, 0.15) is 5.52 Å². The molecule has 0 saturated heterocycles. The van der Waals surface area contributed by atoms with Gasteiger partial charge in [0.25, 0.3) is 0 Å². The molecule has 2 heterocycles. The zero-order valence-corrected chi connectivity index (χ0v) is 9.89. The molecule has 0 atom stereocenters. The second-order valence-electron chi connectivity index (χ2n) is 3.80. The first-order valence-electron chi connectivity index (χ1n) is 5.21. The number of fused-ring (bicyclic) bond motifs is 1. The van der Waals surface area contributed by atoms with Crippen LogP contribution in [-0.2, 0) is 0 Å². The molecule has 4 nitrogen and oxygen atoms in total. The highest BCUT2D eigenvalue weighted by Gasteiger charge is 2.12. The molecule has 2 aromatic heterocycles. The molecule has 6 heteroatoms. The van der Waals surface area contributed by atoms with Crippen molar-refractivity contribution in [2.45, 2.75) is 0 Å². The minimum atomic E-state index is -0.398. The zero-order chi connectivity index (χ0) is 12.7.